The third kappa shape index (κ3) is 18.0. The summed E-state index contributed by atoms with van der Waals surface area (Å²) in [7, 11) is 0. The fraction of sp³-hybridized carbons (Fsp3) is 0.357. The number of carbonyl (C=O) groups excluding carboxylic acids is 7. The molecule has 19 heteroatoms. The molecule has 0 aliphatic rings. The Kier molecular flexibility index (Phi) is 19.9. The van der Waals surface area contributed by atoms with Crippen LogP contribution in [0.1, 0.15) is 61.6 Å². The van der Waals surface area contributed by atoms with Gasteiger partial charge < -0.3 is 53.2 Å². The van der Waals surface area contributed by atoms with Crippen LogP contribution in [-0.2, 0) is 51.2 Å². The van der Waals surface area contributed by atoms with Crippen molar-refractivity contribution >= 4 is 65.3 Å². The van der Waals surface area contributed by atoms with Crippen LogP contribution in [0.5, 0.6) is 0 Å². The van der Waals surface area contributed by atoms with Crippen LogP contribution >= 0.6 is 0 Å². The van der Waals surface area contributed by atoms with Crippen LogP contribution in [0, 0.1) is 6.92 Å². The van der Waals surface area contributed by atoms with Gasteiger partial charge in [-0.2, -0.15) is 0 Å². The lowest BCUT2D eigenvalue weighted by atomic mass is 10.0. The van der Waals surface area contributed by atoms with E-state index in [1.54, 1.807) is 66.7 Å². The highest BCUT2D eigenvalue weighted by atomic mass is 16.4. The third-order valence-electron chi connectivity index (χ3n) is 9.24. The first-order chi connectivity index (χ1) is 29.1. The van der Waals surface area contributed by atoms with Crippen LogP contribution in [0.4, 0.5) is 16.2 Å². The molecule has 3 aromatic carbocycles. The Morgan fingerprint density at radius 2 is 1.23 bits per heavy atom. The molecular formula is C42H52N8O11. The van der Waals surface area contributed by atoms with E-state index in [1.807, 2.05) is 19.1 Å². The third-order valence-corrected chi connectivity index (χ3v) is 9.24. The molecule has 19 nitrogen and oxygen atoms in total. The van der Waals surface area contributed by atoms with E-state index in [2.05, 4.69) is 37.2 Å². The minimum Gasteiger partial charge on any atom is -0.481 e. The molecule has 11 N–H and O–H groups in total. The van der Waals surface area contributed by atoms with Gasteiger partial charge in [0.05, 0.1) is 12.8 Å². The van der Waals surface area contributed by atoms with Gasteiger partial charge in [0, 0.05) is 30.8 Å². The van der Waals surface area contributed by atoms with Crippen molar-refractivity contribution in [2.24, 2.45) is 5.73 Å². The highest BCUT2D eigenvalue weighted by Gasteiger charge is 2.32. The number of carbonyl (C=O) groups is 9. The summed E-state index contributed by atoms with van der Waals surface area (Å²) in [6, 6.07) is 16.1. The average molecular weight is 845 g/mol. The van der Waals surface area contributed by atoms with Crippen molar-refractivity contribution in [3.63, 3.8) is 0 Å². The summed E-state index contributed by atoms with van der Waals surface area (Å²) in [4.78, 5) is 112. The molecule has 0 bridgehead atoms. The summed E-state index contributed by atoms with van der Waals surface area (Å²) in [6.45, 7) is 2.15. The summed E-state index contributed by atoms with van der Waals surface area (Å²) in [5, 5.41) is 36.6. The minimum absolute atomic E-state index is 0.0710. The Labute approximate surface area is 352 Å². The number of benzene rings is 3. The van der Waals surface area contributed by atoms with Gasteiger partial charge in [-0.25, -0.2) is 4.79 Å². The molecule has 326 valence electrons. The molecule has 3 aromatic rings. The maximum absolute atomic E-state index is 13.9. The SMILES string of the molecule is Cc1ccccc1NC(=O)Nc1ccc(CC(=O)N[C@@H](CCCCNC=O)C(=O)N[C@@H](CCCC(=O)O)C(=O)N[C@H](Cc2ccccc2)C(=O)N[C@H](CC(=O)O)C(N)=O)cc1. The van der Waals surface area contributed by atoms with Crippen LogP contribution in [0.3, 0.4) is 0 Å². The zero-order valence-corrected chi connectivity index (χ0v) is 33.6. The normalized spacial score (nSPS) is 12.5. The molecular weight excluding hydrogens is 793 g/mol. The number of nitrogens with one attached hydrogen (secondary N) is 7. The van der Waals surface area contributed by atoms with Crippen LogP contribution in [0.25, 0.3) is 0 Å². The topological polar surface area (TPSA) is 304 Å². The van der Waals surface area contributed by atoms with Gasteiger partial charge in [-0.05, 0) is 73.9 Å². The largest absolute Gasteiger partial charge is 0.481 e. The molecule has 0 aromatic heterocycles. The van der Waals surface area contributed by atoms with Gasteiger partial charge in [0.2, 0.25) is 35.9 Å². The number of urea groups is 1. The van der Waals surface area contributed by atoms with Crippen molar-refractivity contribution in [1.82, 2.24) is 26.6 Å². The smallest absolute Gasteiger partial charge is 0.323 e. The quantitative estimate of drug-likeness (QED) is 0.0408. The predicted octanol–water partition coefficient (Wildman–Crippen LogP) is 1.49. The molecule has 0 saturated heterocycles. The molecule has 4 atom stereocenters. The molecule has 0 fully saturated rings. The maximum atomic E-state index is 13.9. The number of amides is 8. The van der Waals surface area contributed by atoms with Crippen molar-refractivity contribution in [2.75, 3.05) is 17.2 Å². The molecule has 8 amide bonds. The summed E-state index contributed by atoms with van der Waals surface area (Å²) < 4.78 is 0. The number of carboxylic acids is 2. The summed E-state index contributed by atoms with van der Waals surface area (Å²) in [6.07, 6.45) is -0.343. The van der Waals surface area contributed by atoms with Crippen LogP contribution in [-0.4, -0.2) is 94.8 Å². The van der Waals surface area contributed by atoms with E-state index in [0.717, 1.165) is 5.56 Å². The maximum Gasteiger partial charge on any atom is 0.323 e. The lowest BCUT2D eigenvalue weighted by Crippen LogP contribution is -2.58. The van der Waals surface area contributed by atoms with Crippen molar-refractivity contribution in [3.8, 4) is 0 Å². The second-order valence-electron chi connectivity index (χ2n) is 14.1. The van der Waals surface area contributed by atoms with E-state index >= 15 is 0 Å². The number of primary amides is 1. The van der Waals surface area contributed by atoms with Gasteiger partial charge in [0.1, 0.15) is 24.2 Å². The highest BCUT2D eigenvalue weighted by Crippen LogP contribution is 2.16. The Morgan fingerprint density at radius 1 is 0.639 bits per heavy atom. The fourth-order valence-corrected chi connectivity index (χ4v) is 6.04. The van der Waals surface area contributed by atoms with E-state index < -0.39 is 78.1 Å². The fourth-order valence-electron chi connectivity index (χ4n) is 6.04. The average Bonchev–Trinajstić information content (AvgIpc) is 3.21. The number of hydrogen-bond donors (Lipinski definition) is 10. The Balaban J connectivity index is 1.77. The van der Waals surface area contributed by atoms with E-state index in [1.165, 1.54) is 0 Å². The Hall–Kier alpha value is -7.31. The van der Waals surface area contributed by atoms with Crippen molar-refractivity contribution < 1.29 is 53.4 Å². The monoisotopic (exact) mass is 844 g/mol. The highest BCUT2D eigenvalue weighted by molar-refractivity contribution is 6.00. The number of aliphatic carboxylic acids is 2. The van der Waals surface area contributed by atoms with Crippen LogP contribution in [0.15, 0.2) is 78.9 Å². The first kappa shape index (κ1) is 48.1. The summed E-state index contributed by atoms with van der Waals surface area (Å²) >= 11 is 0. The van der Waals surface area contributed by atoms with E-state index in [-0.39, 0.29) is 38.5 Å². The van der Waals surface area contributed by atoms with Gasteiger partial charge in [0.25, 0.3) is 0 Å². The molecule has 0 saturated carbocycles. The molecule has 0 aliphatic carbocycles. The molecule has 3 rings (SSSR count). The first-order valence-corrected chi connectivity index (χ1v) is 19.5. The summed E-state index contributed by atoms with van der Waals surface area (Å²) in [5.74, 6) is -6.88. The number of para-hydroxylation sites is 1. The van der Waals surface area contributed by atoms with Crippen molar-refractivity contribution in [3.05, 3.63) is 95.6 Å². The van der Waals surface area contributed by atoms with E-state index in [9.17, 15) is 53.4 Å². The minimum atomic E-state index is -1.61. The second-order valence-corrected chi connectivity index (χ2v) is 14.1. The summed E-state index contributed by atoms with van der Waals surface area (Å²) in [5.41, 5.74) is 8.42. The standard InChI is InChI=1S/C42H52N8O11/c1-26-10-5-6-13-30(26)50-42(61)45-29-19-17-28(18-20-29)23-35(52)46-31(14-7-8-21-44-25-51)39(58)47-32(15-9-16-36(53)54)40(59)49-34(22-27-11-3-2-4-12-27)41(60)48-33(38(43)57)24-37(55)56/h2-6,10-13,17-20,25,31-34H,7-9,14-16,21-24H2,1H3,(H2,43,57)(H,44,51)(H,46,52)(H,47,58)(H,48,60)(H,49,59)(H,53,54)(H,55,56)(H2,45,50,61)/t31-,32-,33+,34+/m0/s1. The lowest BCUT2D eigenvalue weighted by molar-refractivity contribution is -0.140. The predicted molar refractivity (Wildman–Crippen MR) is 223 cm³/mol. The zero-order valence-electron chi connectivity index (χ0n) is 33.6. The molecule has 0 radical (unpaired) electrons. The number of rotatable bonds is 26. The van der Waals surface area contributed by atoms with Crippen molar-refractivity contribution in [2.45, 2.75) is 88.9 Å². The van der Waals surface area contributed by atoms with Crippen molar-refractivity contribution in [1.29, 1.82) is 0 Å². The van der Waals surface area contributed by atoms with Gasteiger partial charge in [0.15, 0.2) is 0 Å². The van der Waals surface area contributed by atoms with Crippen LogP contribution in [0.2, 0.25) is 0 Å². The van der Waals surface area contributed by atoms with E-state index in [4.69, 9.17) is 5.73 Å². The van der Waals surface area contributed by atoms with Crippen LogP contribution < -0.4 is 43.0 Å². The first-order valence-electron chi connectivity index (χ1n) is 19.5. The lowest BCUT2D eigenvalue weighted by Gasteiger charge is -2.26. The molecule has 0 spiro atoms. The molecule has 0 aliphatic heterocycles. The number of carboxylic acid groups (broad SMARTS) is 2. The molecule has 0 heterocycles. The number of unbranched alkanes of at least 4 members (excludes halogenated alkanes) is 1. The van der Waals surface area contributed by atoms with Gasteiger partial charge in [-0.3, -0.25) is 38.4 Å². The molecule has 61 heavy (non-hydrogen) atoms. The molecule has 0 unspecified atom stereocenters. The zero-order chi connectivity index (χ0) is 44.7. The van der Waals surface area contributed by atoms with Gasteiger partial charge >= 0.3 is 18.0 Å². The number of anilines is 2. The van der Waals surface area contributed by atoms with Gasteiger partial charge in [-0.15, -0.1) is 0 Å². The number of aryl methyl sites for hydroxylation is 1. The Bertz CT molecular complexity index is 2000. The van der Waals surface area contributed by atoms with E-state index in [0.29, 0.717) is 48.3 Å². The number of hydrogen-bond acceptors (Lipinski definition) is 9. The second kappa shape index (κ2) is 25.2. The number of nitrogens with two attached hydrogens (primary N) is 1. The Morgan fingerprint density at radius 3 is 1.85 bits per heavy atom. The van der Waals surface area contributed by atoms with Gasteiger partial charge in [-0.1, -0.05) is 60.7 Å².